The van der Waals surface area contributed by atoms with Gasteiger partial charge in [0.15, 0.2) is 12.1 Å². The molecule has 10 N–H and O–H groups in total. The van der Waals surface area contributed by atoms with E-state index in [-0.39, 0.29) is 44.6 Å². The minimum absolute atomic E-state index is 0.00677. The highest BCUT2D eigenvalue weighted by Gasteiger charge is 2.47. The Morgan fingerprint density at radius 1 is 0.969 bits per heavy atom. The smallest absolute Gasteiger partial charge is 0.398 e. The van der Waals surface area contributed by atoms with Crippen molar-refractivity contribution in [1.82, 2.24) is 31.1 Å². The number of hydrogen-bond donors (Lipinski definition) is 8. The first-order valence-electron chi connectivity index (χ1n) is 21.5. The van der Waals surface area contributed by atoms with Crippen LogP contribution in [-0.2, 0) is 64.0 Å². The fourth-order valence-electron chi connectivity index (χ4n) is 7.54. The number of aliphatic imine (C=N–C) groups is 1. The number of methoxy groups -OCH3 is 1. The van der Waals surface area contributed by atoms with Crippen LogP contribution in [0.5, 0.6) is 0 Å². The van der Waals surface area contributed by atoms with Crippen LogP contribution >= 0.6 is 0 Å². The molecule has 364 valence electrons. The highest BCUT2D eigenvalue weighted by Crippen LogP contribution is 2.29. The van der Waals surface area contributed by atoms with Gasteiger partial charge in [0.05, 0.1) is 6.61 Å². The molecule has 1 aromatic carbocycles. The molecule has 0 saturated carbocycles. The first kappa shape index (κ1) is 53.9. The molecule has 2 aliphatic rings. The van der Waals surface area contributed by atoms with Gasteiger partial charge >= 0.3 is 16.4 Å². The highest BCUT2D eigenvalue weighted by atomic mass is 32.3. The minimum atomic E-state index is -5.32. The van der Waals surface area contributed by atoms with Crippen molar-refractivity contribution >= 4 is 57.8 Å². The van der Waals surface area contributed by atoms with Crippen molar-refractivity contribution in [3.8, 4) is 0 Å². The van der Waals surface area contributed by atoms with Crippen molar-refractivity contribution in [2.75, 3.05) is 27.3 Å². The lowest BCUT2D eigenvalue weighted by Crippen LogP contribution is -2.66. The fraction of sp³-hybridized carbons (Fsp3) is 0.659. The average Bonchev–Trinajstić information content (AvgIpc) is 3.26. The highest BCUT2D eigenvalue weighted by molar-refractivity contribution is 7.80. The summed E-state index contributed by atoms with van der Waals surface area (Å²) in [5.74, 6) is -8.05. The van der Waals surface area contributed by atoms with E-state index in [1.165, 1.54) is 30.9 Å². The lowest BCUT2D eigenvalue weighted by molar-refractivity contribution is -0.171. The zero-order chi connectivity index (χ0) is 48.8. The van der Waals surface area contributed by atoms with E-state index in [1.807, 2.05) is 6.92 Å². The maximum absolute atomic E-state index is 15.0. The third kappa shape index (κ3) is 15.1. The molecule has 0 aliphatic carbocycles. The number of rotatable bonds is 16. The van der Waals surface area contributed by atoms with Crippen molar-refractivity contribution in [3.05, 3.63) is 35.9 Å². The number of piperidine rings is 1. The summed E-state index contributed by atoms with van der Waals surface area (Å²) in [6.45, 7) is 6.86. The monoisotopic (exact) mass is 939 g/mol. The van der Waals surface area contributed by atoms with Crippen LogP contribution < -0.4 is 32.7 Å². The van der Waals surface area contributed by atoms with E-state index in [0.717, 1.165) is 0 Å². The van der Waals surface area contributed by atoms with E-state index in [4.69, 9.17) is 20.9 Å². The number of hydrogen-bond acceptors (Lipinski definition) is 14. The SMILES string of the molecule is CC[C@@H](C)[C@@H]1NC(=O)[C@H](Cc2ccccc2)N(C)C(=O)[C@@H]([C@H](C)CC)N2C(=O)[C@H](CC[C@H]2OC)NC(=O)[C@H](CCCN=C(N)N)NC(=O)[C@@H](NC(=O)[C@H](CO)OS(=O)(=O)O)[C@@H](C)OC1=O. The van der Waals surface area contributed by atoms with Crippen LogP contribution in [0.1, 0.15) is 78.7 Å². The molecule has 0 radical (unpaired) electrons. The molecule has 1 aromatic rings. The number of nitrogens with one attached hydrogen (secondary N) is 4. The second-order valence-electron chi connectivity index (χ2n) is 16.3. The molecule has 2 aliphatic heterocycles. The molecular weight excluding hydrogens is 875 g/mol. The largest absolute Gasteiger partial charge is 0.458 e. The third-order valence-electron chi connectivity index (χ3n) is 11.7. The zero-order valence-corrected chi connectivity index (χ0v) is 38.6. The molecule has 11 atom stereocenters. The fourth-order valence-corrected chi connectivity index (χ4v) is 7.98. The van der Waals surface area contributed by atoms with E-state index in [9.17, 15) is 51.6 Å². The van der Waals surface area contributed by atoms with E-state index >= 15 is 0 Å². The van der Waals surface area contributed by atoms with Gasteiger partial charge in [-0.2, -0.15) is 8.42 Å². The Bertz CT molecular complexity index is 1970. The summed E-state index contributed by atoms with van der Waals surface area (Å²) in [5.41, 5.74) is 11.6. The van der Waals surface area contributed by atoms with E-state index in [0.29, 0.717) is 18.4 Å². The number of benzene rings is 1. The molecule has 3 rings (SSSR count). The number of amides is 6. The van der Waals surface area contributed by atoms with Crippen molar-refractivity contribution < 1.29 is 65.3 Å². The average molecular weight is 940 g/mol. The number of carbonyl (C=O) groups is 7. The first-order valence-corrected chi connectivity index (χ1v) is 22.8. The summed E-state index contributed by atoms with van der Waals surface area (Å²) in [6, 6.07) is 0.177. The van der Waals surface area contributed by atoms with Crippen LogP contribution in [0.15, 0.2) is 35.3 Å². The van der Waals surface area contributed by atoms with Crippen LogP contribution in [0.3, 0.4) is 0 Å². The van der Waals surface area contributed by atoms with Crippen LogP contribution in [0, 0.1) is 11.8 Å². The van der Waals surface area contributed by atoms with Gasteiger partial charge in [0.25, 0.3) is 5.91 Å². The second-order valence-corrected chi connectivity index (χ2v) is 17.3. The standard InChI is InChI=1S/C41H65N9O14S/c1-8-22(3)31-40(58)63-24(5)32(48-36(54)29(21-51)64-65(59,60)61)37(55)45-26(16-13-19-44-41(42)43)34(52)46-27-17-18-30(62-7)50(38(27)56)33(23(4)9-2)39(57)49(6)28(35(53)47-31)20-25-14-11-10-12-15-25/h10-12,14-15,22-24,26-33,51H,8-9,13,16-21H2,1-7H3,(H,45,55)(H,46,52)(H,47,53)(H,48,54)(H4,42,43,44)(H,59,60,61)/t22-,23-,24-,26+,27+,28+,29+,30-,31+,32+,33-/m1/s1. The first-order chi connectivity index (χ1) is 30.6. The Kier molecular flexibility index (Phi) is 20.5. The number of aliphatic hydroxyl groups is 1. The van der Waals surface area contributed by atoms with E-state index < -0.39 is 125 Å². The minimum Gasteiger partial charge on any atom is -0.458 e. The molecule has 65 heavy (non-hydrogen) atoms. The van der Waals surface area contributed by atoms with Gasteiger partial charge in [-0.25, -0.2) is 8.98 Å². The number of nitrogens with two attached hydrogens (primary N) is 2. The van der Waals surface area contributed by atoms with Gasteiger partial charge in [0, 0.05) is 27.1 Å². The predicted octanol–water partition coefficient (Wildman–Crippen LogP) is -1.77. The van der Waals surface area contributed by atoms with Gasteiger partial charge < -0.3 is 57.1 Å². The summed E-state index contributed by atoms with van der Waals surface area (Å²) in [6.07, 6.45) is -4.08. The van der Waals surface area contributed by atoms with Crippen LogP contribution in [0.2, 0.25) is 0 Å². The quantitative estimate of drug-likeness (QED) is 0.0299. The molecule has 23 nitrogen and oxygen atoms in total. The molecule has 2 saturated heterocycles. The maximum Gasteiger partial charge on any atom is 0.398 e. The van der Waals surface area contributed by atoms with Crippen molar-refractivity contribution in [2.45, 2.75) is 134 Å². The summed E-state index contributed by atoms with van der Waals surface area (Å²) < 4.78 is 48.0. The van der Waals surface area contributed by atoms with Crippen molar-refractivity contribution in [1.29, 1.82) is 0 Å². The number of guanidine groups is 1. The van der Waals surface area contributed by atoms with Crippen LogP contribution in [-0.4, -0.2) is 157 Å². The molecule has 2 heterocycles. The molecule has 0 aromatic heterocycles. The van der Waals surface area contributed by atoms with Crippen LogP contribution in [0.4, 0.5) is 0 Å². The van der Waals surface area contributed by atoms with E-state index in [1.54, 1.807) is 51.1 Å². The predicted molar refractivity (Wildman–Crippen MR) is 233 cm³/mol. The number of carbonyl (C=O) groups excluding carboxylic acids is 7. The summed E-state index contributed by atoms with van der Waals surface area (Å²) in [5, 5.41) is 19.9. The zero-order valence-electron chi connectivity index (χ0n) is 37.8. The van der Waals surface area contributed by atoms with Gasteiger partial charge in [-0.3, -0.25) is 38.3 Å². The Morgan fingerprint density at radius 3 is 2.18 bits per heavy atom. The number of nitrogens with zero attached hydrogens (tertiary/aromatic N) is 3. The van der Waals surface area contributed by atoms with Gasteiger partial charge in [0.2, 0.25) is 29.5 Å². The molecule has 0 spiro atoms. The Balaban J connectivity index is 2.29. The Labute approximate surface area is 379 Å². The van der Waals surface area contributed by atoms with Gasteiger partial charge in [-0.1, -0.05) is 70.9 Å². The number of ether oxygens (including phenoxy) is 2. The Morgan fingerprint density at radius 2 is 1.62 bits per heavy atom. The van der Waals surface area contributed by atoms with Gasteiger partial charge in [-0.15, -0.1) is 0 Å². The topological polar surface area (TPSA) is 341 Å². The molecule has 6 amide bonds. The molecule has 24 heteroatoms. The van der Waals surface area contributed by atoms with Crippen molar-refractivity contribution in [3.63, 3.8) is 0 Å². The number of esters is 1. The number of cyclic esters (lactones) is 1. The molecule has 2 bridgehead atoms. The van der Waals surface area contributed by atoms with E-state index in [2.05, 4.69) is 30.4 Å². The summed E-state index contributed by atoms with van der Waals surface area (Å²) in [4.78, 5) is 107. The number of likely N-dealkylation sites (N-methyl/N-ethyl adjacent to an activating group) is 1. The molecule has 2 fully saturated rings. The third-order valence-corrected chi connectivity index (χ3v) is 12.1. The van der Waals surface area contributed by atoms with Gasteiger partial charge in [0.1, 0.15) is 48.6 Å². The molecule has 0 unspecified atom stereocenters. The number of fused-ring (bicyclic) bond motifs is 2. The lowest BCUT2D eigenvalue weighted by Gasteiger charge is -2.46. The Hall–Kier alpha value is -5.43. The maximum atomic E-state index is 15.0. The number of aliphatic hydroxyl groups excluding tert-OH is 1. The van der Waals surface area contributed by atoms with Crippen molar-refractivity contribution in [2.24, 2.45) is 28.3 Å². The lowest BCUT2D eigenvalue weighted by atomic mass is 9.91. The molecular formula is C41H65N9O14S. The van der Waals surface area contributed by atoms with Crippen LogP contribution in [0.25, 0.3) is 0 Å². The second kappa shape index (κ2) is 24.7. The summed E-state index contributed by atoms with van der Waals surface area (Å²) >= 11 is 0. The normalized spacial score (nSPS) is 26.8. The van der Waals surface area contributed by atoms with Gasteiger partial charge in [-0.05, 0) is 50.0 Å². The summed E-state index contributed by atoms with van der Waals surface area (Å²) in [7, 11) is -2.52.